The predicted octanol–water partition coefficient (Wildman–Crippen LogP) is 3.73. The van der Waals surface area contributed by atoms with E-state index < -0.39 is 24.2 Å². The van der Waals surface area contributed by atoms with Crippen molar-refractivity contribution in [3.05, 3.63) is 30.2 Å². The van der Waals surface area contributed by atoms with Crippen molar-refractivity contribution in [1.82, 2.24) is 9.97 Å². The van der Waals surface area contributed by atoms with E-state index in [1.807, 2.05) is 0 Å². The molecule has 30 heavy (non-hydrogen) atoms. The number of halogens is 3. The van der Waals surface area contributed by atoms with Crippen LogP contribution < -0.4 is 19.9 Å². The van der Waals surface area contributed by atoms with Crippen molar-refractivity contribution in [2.75, 3.05) is 35.8 Å². The van der Waals surface area contributed by atoms with Gasteiger partial charge in [0.2, 0.25) is 5.95 Å². The third kappa shape index (κ3) is 3.61. The number of benzene rings is 1. The maximum absolute atomic E-state index is 14.6. The second-order valence-corrected chi connectivity index (χ2v) is 7.51. The van der Waals surface area contributed by atoms with Crippen molar-refractivity contribution in [1.29, 1.82) is 0 Å². The van der Waals surface area contributed by atoms with E-state index in [1.165, 1.54) is 43.5 Å². The van der Waals surface area contributed by atoms with E-state index in [0.29, 0.717) is 11.4 Å². The molecule has 1 saturated carbocycles. The highest BCUT2D eigenvalue weighted by molar-refractivity contribution is 6.02. The summed E-state index contributed by atoms with van der Waals surface area (Å²) in [4.78, 5) is 23.3. The van der Waals surface area contributed by atoms with Crippen LogP contribution in [0.3, 0.4) is 0 Å². The molecule has 0 saturated heterocycles. The van der Waals surface area contributed by atoms with Crippen molar-refractivity contribution < 1.29 is 22.7 Å². The average molecular weight is 421 g/mol. The minimum Gasteiger partial charge on any atom is -0.495 e. The molecule has 10 heteroatoms. The van der Waals surface area contributed by atoms with E-state index in [1.54, 1.807) is 0 Å². The van der Waals surface area contributed by atoms with E-state index in [-0.39, 0.29) is 23.5 Å². The molecule has 0 unspecified atom stereocenters. The summed E-state index contributed by atoms with van der Waals surface area (Å²) in [5.41, 5.74) is 0.508. The topological polar surface area (TPSA) is 70.6 Å². The van der Waals surface area contributed by atoms with Gasteiger partial charge < -0.3 is 19.9 Å². The number of anilines is 4. The number of fused-ring (bicyclic) bond motifs is 1. The Kier molecular flexibility index (Phi) is 5.17. The number of hydrogen-bond donors (Lipinski definition) is 1. The monoisotopic (exact) mass is 421 g/mol. The number of nitrogens with zero attached hydrogens (tertiary/aromatic N) is 4. The Balaban J connectivity index is 1.76. The fraction of sp³-hybridized carbons (Fsp3) is 0.450. The average Bonchev–Trinajstić information content (AvgIpc) is 3.23. The lowest BCUT2D eigenvalue weighted by Gasteiger charge is -2.31. The summed E-state index contributed by atoms with van der Waals surface area (Å²) < 4.78 is 48.1. The molecule has 1 aromatic heterocycles. The van der Waals surface area contributed by atoms with Crippen LogP contribution in [-0.4, -0.2) is 48.5 Å². The summed E-state index contributed by atoms with van der Waals surface area (Å²) in [6.45, 7) is -0.742. The van der Waals surface area contributed by atoms with Gasteiger partial charge in [0.1, 0.15) is 17.3 Å². The summed E-state index contributed by atoms with van der Waals surface area (Å²) in [7, 11) is 2.74. The second kappa shape index (κ2) is 7.66. The van der Waals surface area contributed by atoms with Gasteiger partial charge >= 0.3 is 5.92 Å². The molecular formula is C20H22F3N5O2. The highest BCUT2D eigenvalue weighted by atomic mass is 19.3. The van der Waals surface area contributed by atoms with Crippen LogP contribution in [0.1, 0.15) is 25.7 Å². The van der Waals surface area contributed by atoms with E-state index in [4.69, 9.17) is 4.74 Å². The standard InChI is InChI=1S/C20H22F3N5O2/c1-27-15-10-24-19(25-14-9-12(21)7-8-16(14)30-2)26-17(15)28(13-5-3-4-6-13)11-20(22,23)18(27)29/h7-10,13H,3-6,11H2,1-2H3,(H,24,25,26). The quantitative estimate of drug-likeness (QED) is 0.811. The highest BCUT2D eigenvalue weighted by Gasteiger charge is 2.48. The van der Waals surface area contributed by atoms with E-state index in [2.05, 4.69) is 15.3 Å². The first kappa shape index (κ1) is 20.2. The Bertz CT molecular complexity index is 965. The summed E-state index contributed by atoms with van der Waals surface area (Å²) in [5.74, 6) is -4.60. The number of methoxy groups -OCH3 is 1. The molecule has 160 valence electrons. The van der Waals surface area contributed by atoms with Crippen molar-refractivity contribution in [2.45, 2.75) is 37.6 Å². The number of nitrogens with one attached hydrogen (secondary N) is 1. The third-order valence-corrected chi connectivity index (χ3v) is 5.54. The Morgan fingerprint density at radius 1 is 1.27 bits per heavy atom. The molecule has 1 fully saturated rings. The summed E-state index contributed by atoms with van der Waals surface area (Å²) in [5, 5.41) is 2.89. The second-order valence-electron chi connectivity index (χ2n) is 7.51. The molecule has 2 aromatic rings. The van der Waals surface area contributed by atoms with Gasteiger partial charge in [0.25, 0.3) is 5.91 Å². The van der Waals surface area contributed by atoms with Crippen molar-refractivity contribution in [3.8, 4) is 5.75 Å². The van der Waals surface area contributed by atoms with Crippen LogP contribution in [0.2, 0.25) is 0 Å². The first-order valence-corrected chi connectivity index (χ1v) is 9.70. The molecule has 1 aromatic carbocycles. The molecule has 2 heterocycles. The fourth-order valence-electron chi connectivity index (χ4n) is 4.00. The lowest BCUT2D eigenvalue weighted by atomic mass is 10.2. The zero-order chi connectivity index (χ0) is 21.5. The van der Waals surface area contributed by atoms with Crippen molar-refractivity contribution in [2.24, 2.45) is 0 Å². The number of rotatable bonds is 4. The van der Waals surface area contributed by atoms with Crippen LogP contribution in [0.25, 0.3) is 0 Å². The van der Waals surface area contributed by atoms with Crippen LogP contribution in [-0.2, 0) is 4.79 Å². The van der Waals surface area contributed by atoms with Gasteiger partial charge in [-0.3, -0.25) is 4.79 Å². The molecule has 4 rings (SSSR count). The van der Waals surface area contributed by atoms with Gasteiger partial charge in [0.15, 0.2) is 5.82 Å². The SMILES string of the molecule is COc1ccc(F)cc1Nc1ncc2c(n1)N(C1CCCC1)CC(F)(F)C(=O)N2C. The van der Waals surface area contributed by atoms with Gasteiger partial charge in [-0.25, -0.2) is 9.37 Å². The minimum absolute atomic E-state index is 0.0895. The number of aromatic nitrogens is 2. The van der Waals surface area contributed by atoms with Crippen molar-refractivity contribution in [3.63, 3.8) is 0 Å². The minimum atomic E-state index is -3.54. The third-order valence-electron chi connectivity index (χ3n) is 5.54. The number of carbonyl (C=O) groups is 1. The lowest BCUT2D eigenvalue weighted by Crippen LogP contribution is -2.48. The van der Waals surface area contributed by atoms with Crippen LogP contribution >= 0.6 is 0 Å². The van der Waals surface area contributed by atoms with E-state index >= 15 is 0 Å². The fourth-order valence-corrected chi connectivity index (χ4v) is 4.00. The molecule has 7 nitrogen and oxygen atoms in total. The largest absolute Gasteiger partial charge is 0.495 e. The molecule has 1 amide bonds. The number of hydrogen-bond acceptors (Lipinski definition) is 6. The molecule has 0 radical (unpaired) electrons. The molecule has 0 bridgehead atoms. The van der Waals surface area contributed by atoms with Gasteiger partial charge in [-0.05, 0) is 25.0 Å². The number of carbonyl (C=O) groups excluding carboxylic acids is 1. The maximum atomic E-state index is 14.6. The zero-order valence-corrected chi connectivity index (χ0v) is 16.7. The number of ether oxygens (including phenoxy) is 1. The molecule has 2 aliphatic rings. The summed E-state index contributed by atoms with van der Waals surface area (Å²) >= 11 is 0. The van der Waals surface area contributed by atoms with Gasteiger partial charge in [-0.15, -0.1) is 0 Å². The Morgan fingerprint density at radius 2 is 2.00 bits per heavy atom. The number of amides is 1. The van der Waals surface area contributed by atoms with Crippen LogP contribution in [0.5, 0.6) is 5.75 Å². The molecule has 1 aliphatic carbocycles. The maximum Gasteiger partial charge on any atom is 0.342 e. The summed E-state index contributed by atoms with van der Waals surface area (Å²) in [6, 6.07) is 3.80. The normalized spacial score (nSPS) is 18.9. The van der Waals surface area contributed by atoms with Crippen LogP contribution in [0.4, 0.5) is 36.3 Å². The van der Waals surface area contributed by atoms with Gasteiger partial charge in [-0.1, -0.05) is 12.8 Å². The highest BCUT2D eigenvalue weighted by Crippen LogP contribution is 2.40. The van der Waals surface area contributed by atoms with Crippen molar-refractivity contribution >= 4 is 29.0 Å². The van der Waals surface area contributed by atoms with Crippen LogP contribution in [0.15, 0.2) is 24.4 Å². The van der Waals surface area contributed by atoms with Crippen LogP contribution in [0, 0.1) is 5.82 Å². The molecule has 1 N–H and O–H groups in total. The Hall–Kier alpha value is -3.04. The molecular weight excluding hydrogens is 399 g/mol. The molecule has 0 atom stereocenters. The van der Waals surface area contributed by atoms with E-state index in [0.717, 1.165) is 30.6 Å². The Morgan fingerprint density at radius 3 is 2.70 bits per heavy atom. The molecule has 0 spiro atoms. The zero-order valence-electron chi connectivity index (χ0n) is 16.7. The number of alkyl halides is 2. The first-order valence-electron chi connectivity index (χ1n) is 9.70. The smallest absolute Gasteiger partial charge is 0.342 e. The Labute approximate surface area is 171 Å². The summed E-state index contributed by atoms with van der Waals surface area (Å²) in [6.07, 6.45) is 4.69. The van der Waals surface area contributed by atoms with Gasteiger partial charge in [0.05, 0.1) is 25.5 Å². The van der Waals surface area contributed by atoms with Gasteiger partial charge in [0, 0.05) is 19.2 Å². The van der Waals surface area contributed by atoms with Gasteiger partial charge in [-0.2, -0.15) is 13.8 Å². The van der Waals surface area contributed by atoms with E-state index in [9.17, 15) is 18.0 Å². The lowest BCUT2D eigenvalue weighted by molar-refractivity contribution is -0.140. The molecule has 1 aliphatic heterocycles. The predicted molar refractivity (Wildman–Crippen MR) is 106 cm³/mol. The first-order chi connectivity index (χ1) is 14.3.